The van der Waals surface area contributed by atoms with E-state index in [0.29, 0.717) is 0 Å². The first kappa shape index (κ1) is 36.5. The lowest BCUT2D eigenvalue weighted by Gasteiger charge is -2.28. The maximum atomic E-state index is 6.52. The third kappa shape index (κ3) is 6.38. The molecule has 0 unspecified atom stereocenters. The van der Waals surface area contributed by atoms with Crippen LogP contribution in [0.5, 0.6) is 0 Å². The van der Waals surface area contributed by atoms with Crippen LogP contribution in [0.4, 0.5) is 17.1 Å². The highest BCUT2D eigenvalue weighted by atomic mass is 16.3. The summed E-state index contributed by atoms with van der Waals surface area (Å²) in [6.07, 6.45) is 0. The fourth-order valence-electron chi connectivity index (χ4n) is 9.34. The normalized spacial score (nSPS) is 11.5. The van der Waals surface area contributed by atoms with Gasteiger partial charge in [0.2, 0.25) is 0 Å². The number of furan rings is 2. The lowest BCUT2D eigenvalue weighted by atomic mass is 9.87. The van der Waals surface area contributed by atoms with E-state index in [9.17, 15) is 0 Å². The lowest BCUT2D eigenvalue weighted by Crippen LogP contribution is -2.11. The molecule has 0 atom stereocenters. The van der Waals surface area contributed by atoms with Crippen LogP contribution in [0.3, 0.4) is 0 Å². The van der Waals surface area contributed by atoms with Gasteiger partial charge in [-0.15, -0.1) is 0 Å². The van der Waals surface area contributed by atoms with Crippen molar-refractivity contribution in [2.75, 3.05) is 4.90 Å². The predicted molar refractivity (Wildman–Crippen MR) is 263 cm³/mol. The first-order valence-corrected chi connectivity index (χ1v) is 21.4. The second-order valence-corrected chi connectivity index (χ2v) is 16.0. The van der Waals surface area contributed by atoms with Gasteiger partial charge in [-0.05, 0) is 93.0 Å². The molecular formula is C60H39NO2. The van der Waals surface area contributed by atoms with Gasteiger partial charge in [-0.1, -0.05) is 182 Å². The highest BCUT2D eigenvalue weighted by Crippen LogP contribution is 2.47. The van der Waals surface area contributed by atoms with Crippen LogP contribution in [-0.2, 0) is 0 Å². The van der Waals surface area contributed by atoms with Crippen LogP contribution in [0.15, 0.2) is 245 Å². The van der Waals surface area contributed by atoms with E-state index in [0.717, 1.165) is 88.8 Å². The Morgan fingerprint density at radius 3 is 1.54 bits per heavy atom. The summed E-state index contributed by atoms with van der Waals surface area (Å²) >= 11 is 0. The van der Waals surface area contributed by atoms with Gasteiger partial charge < -0.3 is 13.7 Å². The predicted octanol–water partition coefficient (Wildman–Crippen LogP) is 17.3. The van der Waals surface area contributed by atoms with Crippen molar-refractivity contribution in [3.63, 3.8) is 0 Å². The summed E-state index contributed by atoms with van der Waals surface area (Å²) in [5.74, 6) is 0. The molecule has 0 saturated carbocycles. The first-order chi connectivity index (χ1) is 31.2. The molecule has 2 aromatic heterocycles. The van der Waals surface area contributed by atoms with E-state index in [1.165, 1.54) is 27.8 Å². The Hall–Kier alpha value is -8.40. The lowest BCUT2D eigenvalue weighted by molar-refractivity contribution is 0.669. The third-order valence-corrected chi connectivity index (χ3v) is 12.3. The van der Waals surface area contributed by atoms with Crippen LogP contribution in [0.1, 0.15) is 0 Å². The van der Waals surface area contributed by atoms with Gasteiger partial charge in [-0.2, -0.15) is 0 Å². The smallest absolute Gasteiger partial charge is 0.143 e. The van der Waals surface area contributed by atoms with Gasteiger partial charge in [0, 0.05) is 50.1 Å². The summed E-state index contributed by atoms with van der Waals surface area (Å²) in [4.78, 5) is 2.36. The van der Waals surface area contributed by atoms with Crippen LogP contribution in [0.25, 0.3) is 99.5 Å². The Bertz CT molecular complexity index is 3620. The fraction of sp³-hybridized carbons (Fsp3) is 0. The van der Waals surface area contributed by atoms with Crippen LogP contribution >= 0.6 is 0 Å². The Labute approximate surface area is 365 Å². The zero-order valence-electron chi connectivity index (χ0n) is 34.3. The number of nitrogens with zero attached hydrogens (tertiary/aromatic N) is 1. The minimum Gasteiger partial charge on any atom is -0.456 e. The Kier molecular flexibility index (Phi) is 8.83. The second kappa shape index (κ2) is 15.3. The molecule has 12 aromatic rings. The van der Waals surface area contributed by atoms with Crippen molar-refractivity contribution in [2.45, 2.75) is 0 Å². The Morgan fingerprint density at radius 2 is 0.778 bits per heavy atom. The minimum atomic E-state index is 0.843. The van der Waals surface area contributed by atoms with Crippen molar-refractivity contribution in [1.82, 2.24) is 0 Å². The van der Waals surface area contributed by atoms with Crippen LogP contribution < -0.4 is 4.90 Å². The molecule has 12 rings (SSSR count). The largest absolute Gasteiger partial charge is 0.456 e. The van der Waals surface area contributed by atoms with Gasteiger partial charge in [-0.25, -0.2) is 0 Å². The molecule has 0 aliphatic carbocycles. The first-order valence-electron chi connectivity index (χ1n) is 21.4. The van der Waals surface area contributed by atoms with Gasteiger partial charge >= 0.3 is 0 Å². The van der Waals surface area contributed by atoms with Gasteiger partial charge in [0.05, 0.1) is 5.69 Å². The summed E-state index contributed by atoms with van der Waals surface area (Å²) in [5, 5.41) is 4.44. The monoisotopic (exact) mass is 805 g/mol. The summed E-state index contributed by atoms with van der Waals surface area (Å²) in [6.45, 7) is 0. The number of hydrogen-bond acceptors (Lipinski definition) is 3. The molecule has 0 aliphatic rings. The van der Waals surface area contributed by atoms with Crippen molar-refractivity contribution < 1.29 is 8.83 Å². The molecule has 0 spiro atoms. The van der Waals surface area contributed by atoms with Gasteiger partial charge in [-0.3, -0.25) is 0 Å². The van der Waals surface area contributed by atoms with E-state index in [-0.39, 0.29) is 0 Å². The Balaban J connectivity index is 1.05. The zero-order valence-corrected chi connectivity index (χ0v) is 34.3. The molecule has 0 saturated heterocycles. The standard InChI is InChI=1S/C60H39NO2/c1-3-16-40(17-4-1)43-32-36-46(41-18-5-2-6-19-41)55(38-43)49-21-8-7-20-48(49)50-22-9-12-27-56(50)61(45-35-37-53-51-23-10-13-28-57(51)62-59(53)39-45)44-33-30-42(31-34-44)47-25-15-26-54-52-24-11-14-29-58(52)63-60(47)54/h1-39H. The molecule has 10 aromatic carbocycles. The topological polar surface area (TPSA) is 29.5 Å². The molecule has 0 aliphatic heterocycles. The molecule has 0 N–H and O–H groups in total. The number of rotatable bonds is 8. The van der Waals surface area contributed by atoms with E-state index >= 15 is 0 Å². The van der Waals surface area contributed by atoms with Gasteiger partial charge in [0.15, 0.2) is 0 Å². The number of benzene rings is 10. The fourth-order valence-corrected chi connectivity index (χ4v) is 9.34. The highest BCUT2D eigenvalue weighted by Gasteiger charge is 2.22. The molecule has 0 radical (unpaired) electrons. The van der Waals surface area contributed by atoms with Crippen molar-refractivity contribution in [3.8, 4) is 55.6 Å². The molecule has 3 nitrogen and oxygen atoms in total. The van der Waals surface area contributed by atoms with E-state index in [4.69, 9.17) is 8.83 Å². The Morgan fingerprint density at radius 1 is 0.254 bits per heavy atom. The molecule has 296 valence electrons. The average molecular weight is 806 g/mol. The van der Waals surface area contributed by atoms with E-state index in [1.54, 1.807) is 0 Å². The van der Waals surface area contributed by atoms with E-state index in [2.05, 4.69) is 217 Å². The van der Waals surface area contributed by atoms with Gasteiger partial charge in [0.25, 0.3) is 0 Å². The minimum absolute atomic E-state index is 0.843. The van der Waals surface area contributed by atoms with Crippen LogP contribution in [0, 0.1) is 0 Å². The molecule has 63 heavy (non-hydrogen) atoms. The van der Waals surface area contributed by atoms with Crippen molar-refractivity contribution >= 4 is 60.9 Å². The van der Waals surface area contributed by atoms with Crippen LogP contribution in [0.2, 0.25) is 0 Å². The van der Waals surface area contributed by atoms with E-state index in [1.807, 2.05) is 24.3 Å². The summed E-state index contributed by atoms with van der Waals surface area (Å²) in [5.41, 5.74) is 18.0. The summed E-state index contributed by atoms with van der Waals surface area (Å²) < 4.78 is 13.0. The maximum absolute atomic E-state index is 6.52. The zero-order chi connectivity index (χ0) is 41.7. The molecule has 0 fully saturated rings. The summed E-state index contributed by atoms with van der Waals surface area (Å²) in [7, 11) is 0. The second-order valence-electron chi connectivity index (χ2n) is 16.0. The molecular weight excluding hydrogens is 767 g/mol. The summed E-state index contributed by atoms with van der Waals surface area (Å²) in [6, 6.07) is 84.2. The highest BCUT2D eigenvalue weighted by molar-refractivity contribution is 6.10. The SMILES string of the molecule is c1ccc(-c2ccc(-c3ccccc3)c(-c3ccccc3-c3ccccc3N(c3ccc(-c4cccc5c4oc4ccccc45)cc3)c3ccc4c(c3)oc3ccccc34)c2)cc1. The van der Waals surface area contributed by atoms with E-state index < -0.39 is 0 Å². The molecule has 0 bridgehead atoms. The van der Waals surface area contributed by atoms with Crippen molar-refractivity contribution in [3.05, 3.63) is 237 Å². The molecule has 0 amide bonds. The van der Waals surface area contributed by atoms with Crippen LogP contribution in [-0.4, -0.2) is 0 Å². The van der Waals surface area contributed by atoms with Crippen molar-refractivity contribution in [1.29, 1.82) is 0 Å². The number of anilines is 3. The third-order valence-electron chi connectivity index (χ3n) is 12.3. The van der Waals surface area contributed by atoms with Gasteiger partial charge in [0.1, 0.15) is 22.3 Å². The molecule has 2 heterocycles. The maximum Gasteiger partial charge on any atom is 0.143 e. The number of hydrogen-bond donors (Lipinski definition) is 0. The molecule has 3 heteroatoms. The van der Waals surface area contributed by atoms with Crippen molar-refractivity contribution in [2.24, 2.45) is 0 Å². The number of fused-ring (bicyclic) bond motifs is 6. The average Bonchev–Trinajstić information content (AvgIpc) is 3.93. The quantitative estimate of drug-likeness (QED) is 0.153. The number of para-hydroxylation sites is 4.